The van der Waals surface area contributed by atoms with Gasteiger partial charge in [-0.1, -0.05) is 32.4 Å². The molecule has 1 saturated heterocycles. The SMILES string of the molecule is CC(C)(C)c1cc(C(=O)N2CCCCC2C#N)cc(Cl)n1. The zero-order chi connectivity index (χ0) is 15.6. The zero-order valence-corrected chi connectivity index (χ0v) is 13.4. The van der Waals surface area contributed by atoms with Gasteiger partial charge in [-0.15, -0.1) is 0 Å². The highest BCUT2D eigenvalue weighted by atomic mass is 35.5. The lowest BCUT2D eigenvalue weighted by atomic mass is 9.90. The third-order valence-electron chi connectivity index (χ3n) is 3.72. The van der Waals surface area contributed by atoms with Crippen molar-refractivity contribution in [3.63, 3.8) is 0 Å². The van der Waals surface area contributed by atoms with Crippen LogP contribution in [0.4, 0.5) is 0 Å². The van der Waals surface area contributed by atoms with Crippen molar-refractivity contribution in [1.29, 1.82) is 5.26 Å². The van der Waals surface area contributed by atoms with Gasteiger partial charge in [0.1, 0.15) is 11.2 Å². The minimum absolute atomic E-state index is 0.129. The molecule has 1 fully saturated rings. The van der Waals surface area contributed by atoms with Crippen LogP contribution in [-0.2, 0) is 5.41 Å². The van der Waals surface area contributed by atoms with Crippen molar-refractivity contribution < 1.29 is 4.79 Å². The first-order chi connectivity index (χ1) is 9.82. The Bertz CT molecular complexity index is 586. The molecule has 21 heavy (non-hydrogen) atoms. The summed E-state index contributed by atoms with van der Waals surface area (Å²) < 4.78 is 0. The van der Waals surface area contributed by atoms with Crippen LogP contribution in [0.1, 0.15) is 56.1 Å². The van der Waals surface area contributed by atoms with Crippen LogP contribution in [0, 0.1) is 11.3 Å². The fraction of sp³-hybridized carbons (Fsp3) is 0.562. The molecular formula is C16H20ClN3O. The molecule has 0 aromatic carbocycles. The molecule has 1 amide bonds. The quantitative estimate of drug-likeness (QED) is 0.746. The normalized spacial score (nSPS) is 19.2. The standard InChI is InChI=1S/C16H20ClN3O/c1-16(2,3)13-8-11(9-14(17)19-13)15(21)20-7-5-4-6-12(20)10-18/h8-9,12H,4-7H2,1-3H3. The van der Waals surface area contributed by atoms with Gasteiger partial charge in [-0.3, -0.25) is 4.79 Å². The highest BCUT2D eigenvalue weighted by molar-refractivity contribution is 6.29. The number of amides is 1. The fourth-order valence-electron chi connectivity index (χ4n) is 2.48. The van der Waals surface area contributed by atoms with E-state index in [-0.39, 0.29) is 17.4 Å². The third-order valence-corrected chi connectivity index (χ3v) is 3.92. The molecule has 1 aromatic rings. The van der Waals surface area contributed by atoms with Gasteiger partial charge in [0.15, 0.2) is 0 Å². The second kappa shape index (κ2) is 6.03. The van der Waals surface area contributed by atoms with Crippen molar-refractivity contribution in [3.8, 4) is 6.07 Å². The maximum Gasteiger partial charge on any atom is 0.255 e. The van der Waals surface area contributed by atoms with E-state index < -0.39 is 0 Å². The molecule has 1 aromatic heterocycles. The van der Waals surface area contributed by atoms with Gasteiger partial charge in [0, 0.05) is 23.2 Å². The second-order valence-corrected chi connectivity index (χ2v) is 6.84. The monoisotopic (exact) mass is 305 g/mol. The maximum absolute atomic E-state index is 12.7. The molecule has 5 heteroatoms. The molecule has 0 N–H and O–H groups in total. The number of carbonyl (C=O) groups is 1. The maximum atomic E-state index is 12.7. The number of hydrogen-bond acceptors (Lipinski definition) is 3. The molecule has 112 valence electrons. The van der Waals surface area contributed by atoms with Crippen molar-refractivity contribution in [2.75, 3.05) is 6.54 Å². The summed E-state index contributed by atoms with van der Waals surface area (Å²) in [6, 6.07) is 5.26. The number of halogens is 1. The molecule has 0 bridgehead atoms. The van der Waals surface area contributed by atoms with Crippen LogP contribution in [0.3, 0.4) is 0 Å². The number of aromatic nitrogens is 1. The molecule has 1 unspecified atom stereocenters. The highest BCUT2D eigenvalue weighted by Crippen LogP contribution is 2.25. The Morgan fingerprint density at radius 1 is 1.43 bits per heavy atom. The van der Waals surface area contributed by atoms with Crippen molar-refractivity contribution in [1.82, 2.24) is 9.88 Å². The Morgan fingerprint density at radius 2 is 2.14 bits per heavy atom. The Hall–Kier alpha value is -1.60. The van der Waals surface area contributed by atoms with E-state index in [2.05, 4.69) is 11.1 Å². The summed E-state index contributed by atoms with van der Waals surface area (Å²) >= 11 is 6.06. The molecule has 0 saturated carbocycles. The molecular weight excluding hydrogens is 286 g/mol. The average molecular weight is 306 g/mol. The van der Waals surface area contributed by atoms with Gasteiger partial charge >= 0.3 is 0 Å². The van der Waals surface area contributed by atoms with Crippen LogP contribution in [-0.4, -0.2) is 28.4 Å². The molecule has 1 atom stereocenters. The number of hydrogen-bond donors (Lipinski definition) is 0. The van der Waals surface area contributed by atoms with Crippen LogP contribution in [0.5, 0.6) is 0 Å². The first-order valence-corrected chi connectivity index (χ1v) is 7.59. The predicted molar refractivity (Wildman–Crippen MR) is 82.2 cm³/mol. The van der Waals surface area contributed by atoms with E-state index in [1.165, 1.54) is 0 Å². The Morgan fingerprint density at radius 3 is 2.76 bits per heavy atom. The van der Waals surface area contributed by atoms with Crippen molar-refractivity contribution >= 4 is 17.5 Å². The van der Waals surface area contributed by atoms with Crippen molar-refractivity contribution in [3.05, 3.63) is 28.5 Å². The highest BCUT2D eigenvalue weighted by Gasteiger charge is 2.28. The lowest BCUT2D eigenvalue weighted by molar-refractivity contribution is 0.0670. The summed E-state index contributed by atoms with van der Waals surface area (Å²) in [6.45, 7) is 6.71. The molecule has 1 aliphatic heterocycles. The zero-order valence-electron chi connectivity index (χ0n) is 12.7. The predicted octanol–water partition coefficient (Wildman–Crippen LogP) is 3.55. The first kappa shape index (κ1) is 15.8. The number of nitriles is 1. The lowest BCUT2D eigenvalue weighted by Crippen LogP contribution is -2.43. The van der Waals surface area contributed by atoms with Crippen molar-refractivity contribution in [2.45, 2.75) is 51.5 Å². The van der Waals surface area contributed by atoms with Crippen LogP contribution < -0.4 is 0 Å². The summed E-state index contributed by atoms with van der Waals surface area (Å²) in [7, 11) is 0. The molecule has 2 heterocycles. The van der Waals surface area contributed by atoms with Gasteiger partial charge in [0.2, 0.25) is 0 Å². The molecule has 0 aliphatic carbocycles. The van der Waals surface area contributed by atoms with Crippen LogP contribution in [0.2, 0.25) is 5.15 Å². The van der Waals surface area contributed by atoms with Gasteiger partial charge in [0.25, 0.3) is 5.91 Å². The molecule has 4 nitrogen and oxygen atoms in total. The largest absolute Gasteiger partial charge is 0.323 e. The smallest absolute Gasteiger partial charge is 0.255 e. The average Bonchev–Trinajstić information content (AvgIpc) is 2.45. The Balaban J connectivity index is 2.35. The summed E-state index contributed by atoms with van der Waals surface area (Å²) in [5.41, 5.74) is 1.11. The number of nitrogens with zero attached hydrogens (tertiary/aromatic N) is 3. The second-order valence-electron chi connectivity index (χ2n) is 6.45. The fourth-order valence-corrected chi connectivity index (χ4v) is 2.69. The van der Waals surface area contributed by atoms with Gasteiger partial charge in [-0.25, -0.2) is 4.98 Å². The third kappa shape index (κ3) is 3.54. The molecule has 0 radical (unpaired) electrons. The van der Waals surface area contributed by atoms with E-state index in [1.54, 1.807) is 17.0 Å². The number of carbonyl (C=O) groups excluding carboxylic acids is 1. The minimum atomic E-state index is -0.337. The van der Waals surface area contributed by atoms with Gasteiger partial charge in [0.05, 0.1) is 6.07 Å². The van der Waals surface area contributed by atoms with E-state index in [0.29, 0.717) is 17.3 Å². The van der Waals surface area contributed by atoms with E-state index in [9.17, 15) is 10.1 Å². The Kier molecular flexibility index (Phi) is 4.53. The number of rotatable bonds is 1. The molecule has 2 rings (SSSR count). The van der Waals surface area contributed by atoms with E-state index >= 15 is 0 Å². The van der Waals surface area contributed by atoms with Gasteiger partial charge in [-0.2, -0.15) is 5.26 Å². The van der Waals surface area contributed by atoms with E-state index in [4.69, 9.17) is 11.6 Å². The Labute approximate surface area is 130 Å². The summed E-state index contributed by atoms with van der Waals surface area (Å²) in [6.07, 6.45) is 2.67. The number of piperidine rings is 1. The van der Waals surface area contributed by atoms with Crippen LogP contribution >= 0.6 is 11.6 Å². The summed E-state index contributed by atoms with van der Waals surface area (Å²) in [5.74, 6) is -0.129. The van der Waals surface area contributed by atoms with Crippen LogP contribution in [0.15, 0.2) is 12.1 Å². The van der Waals surface area contributed by atoms with E-state index in [0.717, 1.165) is 25.0 Å². The summed E-state index contributed by atoms with van der Waals surface area (Å²) in [4.78, 5) is 18.6. The number of likely N-dealkylation sites (tertiary alicyclic amines) is 1. The summed E-state index contributed by atoms with van der Waals surface area (Å²) in [5, 5.41) is 9.53. The van der Waals surface area contributed by atoms with Crippen LogP contribution in [0.25, 0.3) is 0 Å². The topological polar surface area (TPSA) is 57.0 Å². The lowest BCUT2D eigenvalue weighted by Gasteiger charge is -2.31. The van der Waals surface area contributed by atoms with E-state index in [1.807, 2.05) is 20.8 Å². The van der Waals surface area contributed by atoms with Gasteiger partial charge < -0.3 is 4.90 Å². The van der Waals surface area contributed by atoms with Crippen molar-refractivity contribution in [2.24, 2.45) is 0 Å². The molecule has 1 aliphatic rings. The minimum Gasteiger partial charge on any atom is -0.323 e. The number of pyridine rings is 1. The van der Waals surface area contributed by atoms with Gasteiger partial charge in [-0.05, 0) is 31.4 Å². The first-order valence-electron chi connectivity index (χ1n) is 7.21. The molecule has 0 spiro atoms.